The Kier molecular flexibility index (Phi) is 4.40. The van der Waals surface area contributed by atoms with Gasteiger partial charge < -0.3 is 10.2 Å². The zero-order valence-electron chi connectivity index (χ0n) is 10.5. The number of nitrogens with one attached hydrogen (secondary N) is 1. The molecule has 2 rings (SSSR count). The molecule has 4 nitrogen and oxygen atoms in total. The highest BCUT2D eigenvalue weighted by atomic mass is 35.5. The van der Waals surface area contributed by atoms with E-state index in [0.29, 0.717) is 16.6 Å². The van der Waals surface area contributed by atoms with Gasteiger partial charge in [-0.3, -0.25) is 0 Å². The lowest BCUT2D eigenvalue weighted by Crippen LogP contribution is -2.51. The van der Waals surface area contributed by atoms with Crippen LogP contribution < -0.4 is 10.2 Å². The minimum atomic E-state index is 0.497. The second-order valence-electron chi connectivity index (χ2n) is 4.53. The van der Waals surface area contributed by atoms with Crippen molar-refractivity contribution in [1.29, 1.82) is 5.26 Å². The van der Waals surface area contributed by atoms with Crippen molar-refractivity contribution >= 4 is 17.4 Å². The number of rotatable bonds is 3. The SMILES string of the molecule is CCC[C@H]1CN(c2ncc(C#N)cc2Cl)CCN1. The van der Waals surface area contributed by atoms with Crippen LogP contribution in [0.1, 0.15) is 25.3 Å². The van der Waals surface area contributed by atoms with E-state index in [0.717, 1.165) is 31.9 Å². The summed E-state index contributed by atoms with van der Waals surface area (Å²) in [6, 6.07) is 4.23. The molecule has 1 aliphatic heterocycles. The largest absolute Gasteiger partial charge is 0.353 e. The highest BCUT2D eigenvalue weighted by Crippen LogP contribution is 2.25. The van der Waals surface area contributed by atoms with Gasteiger partial charge >= 0.3 is 0 Å². The van der Waals surface area contributed by atoms with Crippen molar-refractivity contribution in [1.82, 2.24) is 10.3 Å². The van der Waals surface area contributed by atoms with Gasteiger partial charge in [0.1, 0.15) is 11.9 Å². The number of hydrogen-bond acceptors (Lipinski definition) is 4. The fraction of sp³-hybridized carbons (Fsp3) is 0.538. The summed E-state index contributed by atoms with van der Waals surface area (Å²) >= 11 is 6.19. The van der Waals surface area contributed by atoms with E-state index in [-0.39, 0.29) is 0 Å². The predicted octanol–water partition coefficient (Wildman–Crippen LogP) is 2.18. The van der Waals surface area contributed by atoms with Gasteiger partial charge in [0, 0.05) is 31.9 Å². The quantitative estimate of drug-likeness (QED) is 0.909. The van der Waals surface area contributed by atoms with E-state index in [4.69, 9.17) is 16.9 Å². The van der Waals surface area contributed by atoms with E-state index in [1.165, 1.54) is 6.42 Å². The molecular weight excluding hydrogens is 248 g/mol. The maximum absolute atomic E-state index is 8.80. The highest BCUT2D eigenvalue weighted by molar-refractivity contribution is 6.33. The number of aromatic nitrogens is 1. The maximum atomic E-state index is 8.80. The monoisotopic (exact) mass is 264 g/mol. The van der Waals surface area contributed by atoms with E-state index in [1.54, 1.807) is 12.3 Å². The summed E-state index contributed by atoms with van der Waals surface area (Å²) in [7, 11) is 0. The Bertz CT molecular complexity index is 453. The van der Waals surface area contributed by atoms with Crippen LogP contribution in [0.25, 0.3) is 0 Å². The molecule has 2 heterocycles. The van der Waals surface area contributed by atoms with Crippen molar-refractivity contribution in [3.05, 3.63) is 22.8 Å². The van der Waals surface area contributed by atoms with Crippen LogP contribution in [0.4, 0.5) is 5.82 Å². The lowest BCUT2D eigenvalue weighted by atomic mass is 10.1. The van der Waals surface area contributed by atoms with Gasteiger partial charge in [0.05, 0.1) is 10.6 Å². The first kappa shape index (κ1) is 13.1. The molecule has 1 aromatic heterocycles. The second kappa shape index (κ2) is 6.03. The zero-order chi connectivity index (χ0) is 13.0. The summed E-state index contributed by atoms with van der Waals surface area (Å²) in [6.45, 7) is 4.96. The number of pyridine rings is 1. The summed E-state index contributed by atoms with van der Waals surface area (Å²) in [6.07, 6.45) is 3.91. The molecule has 96 valence electrons. The van der Waals surface area contributed by atoms with Crippen LogP contribution in [0.2, 0.25) is 5.02 Å². The van der Waals surface area contributed by atoms with Gasteiger partial charge in [-0.2, -0.15) is 5.26 Å². The van der Waals surface area contributed by atoms with Gasteiger partial charge in [-0.25, -0.2) is 4.98 Å². The standard InChI is InChI=1S/C13H17ClN4/c1-2-3-11-9-18(5-4-16-11)13-12(14)6-10(7-15)8-17-13/h6,8,11,16H,2-5,9H2,1H3/t11-/m0/s1. The Morgan fingerprint density at radius 3 is 3.17 bits per heavy atom. The molecule has 0 aromatic carbocycles. The van der Waals surface area contributed by atoms with Gasteiger partial charge in [0.15, 0.2) is 0 Å². The molecule has 0 amide bonds. The average molecular weight is 265 g/mol. The Morgan fingerprint density at radius 2 is 2.50 bits per heavy atom. The molecule has 1 aromatic rings. The number of nitrogens with zero attached hydrogens (tertiary/aromatic N) is 3. The van der Waals surface area contributed by atoms with E-state index in [1.807, 2.05) is 6.07 Å². The molecule has 0 saturated carbocycles. The van der Waals surface area contributed by atoms with Crippen LogP contribution in [-0.2, 0) is 0 Å². The van der Waals surface area contributed by atoms with E-state index in [9.17, 15) is 0 Å². The van der Waals surface area contributed by atoms with Gasteiger partial charge in [0.25, 0.3) is 0 Å². The number of hydrogen-bond donors (Lipinski definition) is 1. The average Bonchev–Trinajstić information content (AvgIpc) is 2.39. The second-order valence-corrected chi connectivity index (χ2v) is 4.93. The van der Waals surface area contributed by atoms with Crippen molar-refractivity contribution < 1.29 is 0 Å². The van der Waals surface area contributed by atoms with Crippen molar-refractivity contribution in [2.24, 2.45) is 0 Å². The third-order valence-corrected chi connectivity index (χ3v) is 3.42. The summed E-state index contributed by atoms with van der Waals surface area (Å²) in [4.78, 5) is 6.51. The summed E-state index contributed by atoms with van der Waals surface area (Å²) in [5.41, 5.74) is 0.504. The first-order valence-electron chi connectivity index (χ1n) is 6.28. The summed E-state index contributed by atoms with van der Waals surface area (Å²) in [5.74, 6) is 0.790. The molecule has 0 aliphatic carbocycles. The van der Waals surface area contributed by atoms with Gasteiger partial charge in [0.2, 0.25) is 0 Å². The zero-order valence-corrected chi connectivity index (χ0v) is 11.2. The highest BCUT2D eigenvalue weighted by Gasteiger charge is 2.21. The number of halogens is 1. The van der Waals surface area contributed by atoms with Gasteiger partial charge in [-0.1, -0.05) is 24.9 Å². The van der Waals surface area contributed by atoms with Crippen LogP contribution in [0.3, 0.4) is 0 Å². The van der Waals surface area contributed by atoms with Crippen molar-refractivity contribution in [2.75, 3.05) is 24.5 Å². The third-order valence-electron chi connectivity index (χ3n) is 3.14. The lowest BCUT2D eigenvalue weighted by Gasteiger charge is -2.34. The minimum absolute atomic E-state index is 0.497. The predicted molar refractivity (Wildman–Crippen MR) is 72.9 cm³/mol. The molecule has 1 saturated heterocycles. The topological polar surface area (TPSA) is 52.0 Å². The van der Waals surface area contributed by atoms with Crippen LogP contribution in [0.5, 0.6) is 0 Å². The number of nitriles is 1. The van der Waals surface area contributed by atoms with Crippen molar-refractivity contribution in [2.45, 2.75) is 25.8 Å². The van der Waals surface area contributed by atoms with E-state index >= 15 is 0 Å². The molecule has 0 spiro atoms. The molecule has 1 aliphatic rings. The first-order chi connectivity index (χ1) is 8.74. The summed E-state index contributed by atoms with van der Waals surface area (Å²) < 4.78 is 0. The molecule has 0 radical (unpaired) electrons. The molecule has 0 unspecified atom stereocenters. The smallest absolute Gasteiger partial charge is 0.147 e. The third kappa shape index (κ3) is 2.92. The Labute approximate surface area is 113 Å². The molecule has 1 atom stereocenters. The van der Waals surface area contributed by atoms with E-state index in [2.05, 4.69) is 22.1 Å². The fourth-order valence-electron chi connectivity index (χ4n) is 2.28. The molecule has 18 heavy (non-hydrogen) atoms. The molecule has 1 N–H and O–H groups in total. The molecular formula is C13H17ClN4. The molecule has 0 bridgehead atoms. The van der Waals surface area contributed by atoms with Crippen LogP contribution in [0, 0.1) is 11.3 Å². The number of anilines is 1. The fourth-order valence-corrected chi connectivity index (χ4v) is 2.57. The molecule has 1 fully saturated rings. The van der Waals surface area contributed by atoms with Crippen LogP contribution in [0.15, 0.2) is 12.3 Å². The maximum Gasteiger partial charge on any atom is 0.147 e. The van der Waals surface area contributed by atoms with Gasteiger partial charge in [-0.15, -0.1) is 0 Å². The Balaban J connectivity index is 2.13. The van der Waals surface area contributed by atoms with E-state index < -0.39 is 0 Å². The van der Waals surface area contributed by atoms with Crippen molar-refractivity contribution in [3.63, 3.8) is 0 Å². The minimum Gasteiger partial charge on any atom is -0.353 e. The molecule has 5 heteroatoms. The van der Waals surface area contributed by atoms with Crippen LogP contribution >= 0.6 is 11.6 Å². The van der Waals surface area contributed by atoms with Crippen LogP contribution in [-0.4, -0.2) is 30.7 Å². The Morgan fingerprint density at radius 1 is 1.67 bits per heavy atom. The Hall–Kier alpha value is -1.31. The first-order valence-corrected chi connectivity index (χ1v) is 6.66. The van der Waals surface area contributed by atoms with Gasteiger partial charge in [-0.05, 0) is 12.5 Å². The lowest BCUT2D eigenvalue weighted by molar-refractivity contribution is 0.429. The normalized spacial score (nSPS) is 19.6. The summed E-state index contributed by atoms with van der Waals surface area (Å²) in [5, 5.41) is 12.9. The van der Waals surface area contributed by atoms with Crippen molar-refractivity contribution in [3.8, 4) is 6.07 Å². The number of piperazine rings is 1.